The van der Waals surface area contributed by atoms with E-state index < -0.39 is 35.8 Å². The van der Waals surface area contributed by atoms with E-state index in [-0.39, 0.29) is 36.0 Å². The lowest BCUT2D eigenvalue weighted by atomic mass is 9.94. The third-order valence-corrected chi connectivity index (χ3v) is 9.55. The molecule has 4 aromatic carbocycles. The zero-order valence-corrected chi connectivity index (χ0v) is 35.7. The van der Waals surface area contributed by atoms with Gasteiger partial charge in [0.2, 0.25) is 0 Å². The van der Waals surface area contributed by atoms with Gasteiger partial charge in [0.25, 0.3) is 11.8 Å². The number of nitrogens with zero attached hydrogens (tertiary/aromatic N) is 2. The molecule has 0 aliphatic carbocycles. The average Bonchev–Trinajstić information content (AvgIpc) is 3.21. The summed E-state index contributed by atoms with van der Waals surface area (Å²) in [5, 5.41) is 41.9. The smallest absolute Gasteiger partial charge is 0.414 e. The molecule has 0 saturated carbocycles. The average molecular weight is 835 g/mol. The van der Waals surface area contributed by atoms with Crippen molar-refractivity contribution >= 4 is 23.8 Å². The molecule has 326 valence electrons. The fourth-order valence-electron chi connectivity index (χ4n) is 5.69. The Bertz CT molecular complexity index is 1840. The number of hydrogen-bond donors (Lipinski definition) is 6. The van der Waals surface area contributed by atoms with Crippen molar-refractivity contribution in [2.45, 2.75) is 76.7 Å². The minimum atomic E-state index is -1.82. The number of hydrogen-bond acceptors (Lipinski definition) is 8. The molecule has 0 unspecified atom stereocenters. The van der Waals surface area contributed by atoms with Crippen LogP contribution in [0.25, 0.3) is 0 Å². The fraction of sp³-hybridized carbons (Fsp3) is 0.391. The summed E-state index contributed by atoms with van der Waals surface area (Å²) < 4.78 is 27.5. The Labute approximate surface area is 351 Å². The van der Waals surface area contributed by atoms with Crippen LogP contribution in [0.1, 0.15) is 95.7 Å². The molecule has 4 aromatic rings. The van der Waals surface area contributed by atoms with E-state index in [0.29, 0.717) is 22.3 Å². The number of carboxylic acids is 2. The SMILES string of the molecule is CN(C)C(=O)c1ccc(CCC(C)(C)NC[C@H](O)c2ccccc2F)cc1.CN(C)C(=O)c1ccc(CCC(C)(C)NC[C@H](O)c2ccccc2F)cc1.O=C(O)C(=O)O. The van der Waals surface area contributed by atoms with E-state index in [1.807, 2.05) is 48.5 Å². The second-order valence-electron chi connectivity index (χ2n) is 16.0. The first-order valence-electron chi connectivity index (χ1n) is 19.5. The number of carboxylic acid groups (broad SMARTS) is 2. The third-order valence-electron chi connectivity index (χ3n) is 9.55. The highest BCUT2D eigenvalue weighted by atomic mass is 19.1. The van der Waals surface area contributed by atoms with Gasteiger partial charge in [0.1, 0.15) is 11.6 Å². The molecule has 0 aromatic heterocycles. The van der Waals surface area contributed by atoms with Crippen LogP contribution >= 0.6 is 0 Å². The molecule has 12 nitrogen and oxygen atoms in total. The minimum absolute atomic E-state index is 0.00863. The Hall–Kier alpha value is -5.54. The lowest BCUT2D eigenvalue weighted by Gasteiger charge is -2.28. The van der Waals surface area contributed by atoms with E-state index >= 15 is 0 Å². The maximum Gasteiger partial charge on any atom is 0.414 e. The number of halogens is 2. The van der Waals surface area contributed by atoms with Crippen molar-refractivity contribution in [2.75, 3.05) is 41.3 Å². The molecule has 0 bridgehead atoms. The standard InChI is InChI=1S/2C22H29FN2O2.C2H2O4/c2*1-22(2,24-15-20(26)18-7-5-6-8-19(18)23)14-13-16-9-11-17(12-10-16)21(27)25(3)4;3-1(4)2(5)6/h2*5-12,20,24,26H,13-15H2,1-4H3;(H,3,4)(H,5,6)/t2*20-;/m00./s1. The second-order valence-corrected chi connectivity index (χ2v) is 16.0. The van der Waals surface area contributed by atoms with Gasteiger partial charge < -0.3 is 40.9 Å². The van der Waals surface area contributed by atoms with Gasteiger partial charge in [0, 0.05) is 74.6 Å². The largest absolute Gasteiger partial charge is 0.473 e. The molecule has 2 amide bonds. The molecule has 4 rings (SSSR count). The first-order chi connectivity index (χ1) is 28.0. The van der Waals surface area contributed by atoms with Crippen LogP contribution in [0, 0.1) is 11.6 Å². The van der Waals surface area contributed by atoms with Crippen molar-refractivity contribution in [3.05, 3.63) is 142 Å². The highest BCUT2D eigenvalue weighted by molar-refractivity contribution is 6.27. The molecule has 0 aliphatic heterocycles. The van der Waals surface area contributed by atoms with Crippen molar-refractivity contribution in [3.63, 3.8) is 0 Å². The summed E-state index contributed by atoms with van der Waals surface area (Å²) in [4.78, 5) is 45.2. The lowest BCUT2D eigenvalue weighted by Crippen LogP contribution is -2.42. The molecule has 0 spiro atoms. The van der Waals surface area contributed by atoms with E-state index in [0.717, 1.165) is 36.8 Å². The highest BCUT2D eigenvalue weighted by Crippen LogP contribution is 2.21. The molecule has 0 aliphatic rings. The number of aryl methyl sites for hydroxylation is 2. The molecule has 14 heteroatoms. The second kappa shape index (κ2) is 23.9. The maximum absolute atomic E-state index is 13.8. The molecule has 0 heterocycles. The summed E-state index contributed by atoms with van der Waals surface area (Å²) in [5.41, 5.74) is 3.83. The number of aliphatic hydroxyl groups excluding tert-OH is 2. The van der Waals surface area contributed by atoms with Gasteiger partial charge in [-0.05, 0) is 101 Å². The number of β-amino-alcohol motifs (C(OH)–C–C–N with tert-alkyl or cyclic N) is 2. The first-order valence-corrected chi connectivity index (χ1v) is 19.5. The zero-order valence-electron chi connectivity index (χ0n) is 35.7. The lowest BCUT2D eigenvalue weighted by molar-refractivity contribution is -0.159. The quantitative estimate of drug-likeness (QED) is 0.0704. The van der Waals surface area contributed by atoms with Crippen LogP contribution in [-0.2, 0) is 22.4 Å². The molecule has 2 atom stereocenters. The molecular weight excluding hydrogens is 775 g/mol. The fourth-order valence-corrected chi connectivity index (χ4v) is 5.69. The number of benzene rings is 4. The molecule has 0 saturated heterocycles. The Morgan fingerprint density at radius 1 is 0.550 bits per heavy atom. The van der Waals surface area contributed by atoms with Crippen molar-refractivity contribution in [3.8, 4) is 0 Å². The van der Waals surface area contributed by atoms with Gasteiger partial charge >= 0.3 is 11.9 Å². The van der Waals surface area contributed by atoms with Crippen molar-refractivity contribution < 1.29 is 48.4 Å². The van der Waals surface area contributed by atoms with Crippen LogP contribution in [0.2, 0.25) is 0 Å². The maximum atomic E-state index is 13.8. The van der Waals surface area contributed by atoms with Crippen molar-refractivity contribution in [1.29, 1.82) is 0 Å². The Balaban J connectivity index is 0.000000364. The summed E-state index contributed by atoms with van der Waals surface area (Å²) >= 11 is 0. The van der Waals surface area contributed by atoms with Gasteiger partial charge in [-0.2, -0.15) is 0 Å². The molecule has 0 fully saturated rings. The summed E-state index contributed by atoms with van der Waals surface area (Å²) in [6, 6.07) is 27.9. The summed E-state index contributed by atoms with van der Waals surface area (Å²) in [7, 11) is 6.95. The van der Waals surface area contributed by atoms with E-state index in [2.05, 4.69) is 38.3 Å². The predicted molar refractivity (Wildman–Crippen MR) is 228 cm³/mol. The van der Waals surface area contributed by atoms with E-state index in [9.17, 15) is 28.6 Å². The minimum Gasteiger partial charge on any atom is -0.473 e. The number of rotatable bonds is 16. The number of amides is 2. The summed E-state index contributed by atoms with van der Waals surface area (Å²) in [6.07, 6.45) is 1.59. The highest BCUT2D eigenvalue weighted by Gasteiger charge is 2.22. The van der Waals surface area contributed by atoms with Crippen LogP contribution in [0.4, 0.5) is 8.78 Å². The number of aliphatic carboxylic acids is 2. The first kappa shape index (κ1) is 50.6. The van der Waals surface area contributed by atoms with Crippen LogP contribution in [-0.4, -0.2) is 106 Å². The third kappa shape index (κ3) is 17.8. The summed E-state index contributed by atoms with van der Waals surface area (Å²) in [6.45, 7) is 8.81. The molecule has 6 N–H and O–H groups in total. The molecule has 0 radical (unpaired) electrons. The number of carbonyl (C=O) groups is 4. The van der Waals surface area contributed by atoms with Gasteiger partial charge in [-0.1, -0.05) is 60.7 Å². The topological polar surface area (TPSA) is 180 Å². The molecule has 60 heavy (non-hydrogen) atoms. The predicted octanol–water partition coefficient (Wildman–Crippen LogP) is 6.28. The van der Waals surface area contributed by atoms with Crippen LogP contribution < -0.4 is 10.6 Å². The van der Waals surface area contributed by atoms with Gasteiger partial charge in [0.15, 0.2) is 0 Å². The summed E-state index contributed by atoms with van der Waals surface area (Å²) in [5.74, 6) is -4.45. The number of nitrogens with one attached hydrogen (secondary N) is 2. The van der Waals surface area contributed by atoms with Crippen molar-refractivity contribution in [2.24, 2.45) is 0 Å². The van der Waals surface area contributed by atoms with Gasteiger partial charge in [-0.25, -0.2) is 18.4 Å². The van der Waals surface area contributed by atoms with Gasteiger partial charge in [-0.15, -0.1) is 0 Å². The zero-order chi connectivity index (χ0) is 45.2. The Morgan fingerprint density at radius 3 is 1.12 bits per heavy atom. The van der Waals surface area contributed by atoms with Crippen LogP contribution in [0.15, 0.2) is 97.1 Å². The van der Waals surface area contributed by atoms with Crippen molar-refractivity contribution in [1.82, 2.24) is 20.4 Å². The van der Waals surface area contributed by atoms with E-state index in [1.165, 1.54) is 12.1 Å². The Kier molecular flexibility index (Phi) is 20.2. The monoisotopic (exact) mass is 834 g/mol. The van der Waals surface area contributed by atoms with Crippen LogP contribution in [0.5, 0.6) is 0 Å². The molecular formula is C46H60F2N4O8. The normalized spacial score (nSPS) is 12.1. The van der Waals surface area contributed by atoms with Gasteiger partial charge in [0.05, 0.1) is 12.2 Å². The van der Waals surface area contributed by atoms with Crippen LogP contribution in [0.3, 0.4) is 0 Å². The Morgan fingerprint density at radius 2 is 0.850 bits per heavy atom. The van der Waals surface area contributed by atoms with E-state index in [4.69, 9.17) is 19.8 Å². The number of aliphatic hydroxyl groups is 2. The number of carbonyl (C=O) groups excluding carboxylic acids is 2. The van der Waals surface area contributed by atoms with E-state index in [1.54, 1.807) is 74.4 Å². The van der Waals surface area contributed by atoms with Gasteiger partial charge in [-0.3, -0.25) is 9.59 Å².